The van der Waals surface area contributed by atoms with Gasteiger partial charge in [0.15, 0.2) is 0 Å². The number of benzene rings is 2. The maximum atomic E-state index is 11.6. The van der Waals surface area contributed by atoms with Gasteiger partial charge in [0, 0.05) is 0 Å². The summed E-state index contributed by atoms with van der Waals surface area (Å²) in [7, 11) is -4.45. The zero-order valence-corrected chi connectivity index (χ0v) is 15.4. The van der Waals surface area contributed by atoms with E-state index in [1.165, 1.54) is 0 Å². The first-order valence-corrected chi connectivity index (χ1v) is 8.41. The normalized spacial score (nSPS) is 11.3. The smallest absolute Gasteiger partial charge is 0.744 e. The van der Waals surface area contributed by atoms with E-state index in [1.54, 1.807) is 18.2 Å². The van der Waals surface area contributed by atoms with Gasteiger partial charge in [-0.05, 0) is 29.2 Å². The molecule has 0 radical (unpaired) electrons. The summed E-state index contributed by atoms with van der Waals surface area (Å²) in [6.45, 7) is 2.13. The van der Waals surface area contributed by atoms with Crippen molar-refractivity contribution in [2.24, 2.45) is 0 Å². The van der Waals surface area contributed by atoms with E-state index in [-0.39, 0.29) is 34.5 Å². The van der Waals surface area contributed by atoms with Crippen molar-refractivity contribution >= 4 is 20.9 Å². The Morgan fingerprint density at radius 3 is 2.38 bits per heavy atom. The molecule has 0 fully saturated rings. The van der Waals surface area contributed by atoms with E-state index in [1.807, 2.05) is 18.2 Å². The maximum absolute atomic E-state index is 11.6. The molecule has 0 N–H and O–H groups in total. The summed E-state index contributed by atoms with van der Waals surface area (Å²) in [4.78, 5) is -0.0351. The third-order valence-corrected chi connectivity index (χ3v) is 4.49. The molecule has 0 spiro atoms. The summed E-state index contributed by atoms with van der Waals surface area (Å²) < 4.78 is 34.8. The van der Waals surface area contributed by atoms with Crippen molar-refractivity contribution in [2.45, 2.75) is 43.9 Å². The molecule has 0 aliphatic heterocycles. The molecule has 0 aliphatic rings. The number of hydrogen-bond donors (Lipinski definition) is 0. The average molecular weight is 314 g/mol. The molecule has 0 amide bonds. The molecular weight excluding hydrogens is 295 g/mol. The first-order valence-electron chi connectivity index (χ1n) is 7.00. The Bertz CT molecular complexity index is 696. The Kier molecular flexibility index (Phi) is 7.37. The average Bonchev–Trinajstić information content (AvgIpc) is 2.41. The zero-order valence-electron chi connectivity index (χ0n) is 12.6. The van der Waals surface area contributed by atoms with Crippen molar-refractivity contribution in [3.05, 3.63) is 42.0 Å². The van der Waals surface area contributed by atoms with Gasteiger partial charge in [-0.15, -0.1) is 0 Å². The molecule has 0 aliphatic carbocycles. The van der Waals surface area contributed by atoms with Crippen molar-refractivity contribution in [2.75, 3.05) is 0 Å². The fourth-order valence-corrected chi connectivity index (χ4v) is 3.47. The van der Waals surface area contributed by atoms with E-state index in [4.69, 9.17) is 0 Å². The van der Waals surface area contributed by atoms with Crippen molar-refractivity contribution < 1.29 is 42.5 Å². The van der Waals surface area contributed by atoms with E-state index in [2.05, 4.69) is 6.92 Å². The SMILES string of the molecule is CCCCCCc1ccc2ccccc2c1S(=O)(=O)[O-].[Na+]. The van der Waals surface area contributed by atoms with Crippen molar-refractivity contribution in [1.29, 1.82) is 0 Å². The summed E-state index contributed by atoms with van der Waals surface area (Å²) in [5.74, 6) is 0. The van der Waals surface area contributed by atoms with Gasteiger partial charge in [0.1, 0.15) is 10.1 Å². The van der Waals surface area contributed by atoms with E-state index in [9.17, 15) is 13.0 Å². The summed E-state index contributed by atoms with van der Waals surface area (Å²) >= 11 is 0. The molecule has 0 atom stereocenters. The monoisotopic (exact) mass is 314 g/mol. The van der Waals surface area contributed by atoms with Gasteiger partial charge < -0.3 is 4.55 Å². The van der Waals surface area contributed by atoms with Gasteiger partial charge in [0.25, 0.3) is 0 Å². The molecule has 108 valence electrons. The van der Waals surface area contributed by atoms with Crippen LogP contribution in [0.1, 0.15) is 38.2 Å². The second kappa shape index (κ2) is 8.30. The van der Waals surface area contributed by atoms with Crippen LogP contribution in [0.4, 0.5) is 0 Å². The Balaban J connectivity index is 0.00000220. The molecule has 5 heteroatoms. The van der Waals surface area contributed by atoms with E-state index in [0.29, 0.717) is 17.4 Å². The van der Waals surface area contributed by atoms with Gasteiger partial charge in [-0.3, -0.25) is 0 Å². The summed E-state index contributed by atoms with van der Waals surface area (Å²) in [6, 6.07) is 10.8. The van der Waals surface area contributed by atoms with Crippen molar-refractivity contribution in [1.82, 2.24) is 0 Å². The van der Waals surface area contributed by atoms with Crippen LogP contribution in [-0.4, -0.2) is 13.0 Å². The zero-order chi connectivity index (χ0) is 14.6. The number of unbranched alkanes of at least 4 members (excludes halogenated alkanes) is 3. The quantitative estimate of drug-likeness (QED) is 0.452. The molecule has 2 aromatic carbocycles. The molecule has 21 heavy (non-hydrogen) atoms. The van der Waals surface area contributed by atoms with Crippen LogP contribution < -0.4 is 29.6 Å². The first-order chi connectivity index (χ1) is 9.54. The van der Waals surface area contributed by atoms with E-state index < -0.39 is 10.1 Å². The molecule has 0 unspecified atom stereocenters. The summed E-state index contributed by atoms with van der Waals surface area (Å²) in [6.07, 6.45) is 4.87. The Morgan fingerprint density at radius 2 is 1.71 bits per heavy atom. The summed E-state index contributed by atoms with van der Waals surface area (Å²) in [5.41, 5.74) is 0.648. The predicted molar refractivity (Wildman–Crippen MR) is 79.8 cm³/mol. The predicted octanol–water partition coefficient (Wildman–Crippen LogP) is 0.871. The Morgan fingerprint density at radius 1 is 1.00 bits per heavy atom. The van der Waals surface area contributed by atoms with Gasteiger partial charge in [0.2, 0.25) is 0 Å². The number of hydrogen-bond acceptors (Lipinski definition) is 3. The van der Waals surface area contributed by atoms with Crippen LogP contribution in [0, 0.1) is 0 Å². The van der Waals surface area contributed by atoms with Crippen molar-refractivity contribution in [3.63, 3.8) is 0 Å². The van der Waals surface area contributed by atoms with Gasteiger partial charge in [-0.1, -0.05) is 62.6 Å². The maximum Gasteiger partial charge on any atom is 1.00 e. The number of aryl methyl sites for hydroxylation is 1. The minimum atomic E-state index is -4.45. The van der Waals surface area contributed by atoms with Crippen LogP contribution in [0.15, 0.2) is 41.3 Å². The molecule has 2 aromatic rings. The van der Waals surface area contributed by atoms with Gasteiger partial charge in [-0.25, -0.2) is 8.42 Å². The standard InChI is InChI=1S/C16H20O3S.Na/c1-2-3-4-5-9-14-12-11-13-8-6-7-10-15(13)16(14)20(17,18)19;/h6-8,10-12H,2-5,9H2,1H3,(H,17,18,19);/q;+1/p-1. The van der Waals surface area contributed by atoms with Crippen LogP contribution in [0.5, 0.6) is 0 Å². The topological polar surface area (TPSA) is 57.2 Å². The third kappa shape index (κ3) is 4.80. The van der Waals surface area contributed by atoms with Crippen LogP contribution >= 0.6 is 0 Å². The minimum Gasteiger partial charge on any atom is -0.744 e. The molecule has 0 heterocycles. The molecule has 0 saturated heterocycles. The Hall–Kier alpha value is -0.390. The second-order valence-electron chi connectivity index (χ2n) is 5.04. The van der Waals surface area contributed by atoms with Crippen LogP contribution in [0.2, 0.25) is 0 Å². The number of rotatable bonds is 6. The van der Waals surface area contributed by atoms with Gasteiger partial charge in [0.05, 0.1) is 4.90 Å². The fraction of sp³-hybridized carbons (Fsp3) is 0.375. The van der Waals surface area contributed by atoms with E-state index in [0.717, 1.165) is 31.1 Å². The minimum absolute atomic E-state index is 0. The molecule has 0 saturated carbocycles. The first kappa shape index (κ1) is 18.7. The number of fused-ring (bicyclic) bond motifs is 1. The van der Waals surface area contributed by atoms with E-state index >= 15 is 0 Å². The van der Waals surface area contributed by atoms with Crippen molar-refractivity contribution in [3.8, 4) is 0 Å². The van der Waals surface area contributed by atoms with Crippen LogP contribution in [-0.2, 0) is 16.5 Å². The molecule has 0 aromatic heterocycles. The summed E-state index contributed by atoms with van der Waals surface area (Å²) in [5, 5.41) is 1.33. The Labute approximate surface area is 148 Å². The van der Waals surface area contributed by atoms with Gasteiger partial charge in [-0.2, -0.15) is 0 Å². The molecule has 3 nitrogen and oxygen atoms in total. The molecule has 2 rings (SSSR count). The largest absolute Gasteiger partial charge is 1.00 e. The second-order valence-corrected chi connectivity index (χ2v) is 6.36. The van der Waals surface area contributed by atoms with Crippen LogP contribution in [0.3, 0.4) is 0 Å². The fourth-order valence-electron chi connectivity index (χ4n) is 2.52. The van der Waals surface area contributed by atoms with Gasteiger partial charge >= 0.3 is 29.6 Å². The third-order valence-electron chi connectivity index (χ3n) is 3.51. The van der Waals surface area contributed by atoms with Crippen LogP contribution in [0.25, 0.3) is 10.8 Å². The molecular formula is C16H19NaO3S. The molecule has 0 bridgehead atoms.